The first kappa shape index (κ1) is 11.2. The summed E-state index contributed by atoms with van der Waals surface area (Å²) in [5, 5.41) is 8.84. The second kappa shape index (κ2) is 5.78. The summed E-state index contributed by atoms with van der Waals surface area (Å²) in [5.74, 6) is 0. The largest absolute Gasteiger partial charge is 0.396 e. The molecule has 0 spiro atoms. The van der Waals surface area contributed by atoms with E-state index in [0.29, 0.717) is 6.42 Å². The van der Waals surface area contributed by atoms with Crippen molar-refractivity contribution in [1.29, 1.82) is 0 Å². The first-order valence-electron chi connectivity index (χ1n) is 5.23. The van der Waals surface area contributed by atoms with Gasteiger partial charge in [0.05, 0.1) is 0 Å². The molecule has 0 heterocycles. The molecule has 0 aliphatic carbocycles. The van der Waals surface area contributed by atoms with Gasteiger partial charge in [0.15, 0.2) is 0 Å². The van der Waals surface area contributed by atoms with E-state index < -0.39 is 0 Å². The van der Waals surface area contributed by atoms with Gasteiger partial charge in [0, 0.05) is 12.6 Å². The lowest BCUT2D eigenvalue weighted by Crippen LogP contribution is -2.14. The zero-order valence-corrected chi connectivity index (χ0v) is 8.74. The highest BCUT2D eigenvalue weighted by molar-refractivity contribution is 5.29. The van der Waals surface area contributed by atoms with Crippen LogP contribution in [0.25, 0.3) is 0 Å². The highest BCUT2D eigenvalue weighted by Gasteiger charge is 2.08. The third kappa shape index (κ3) is 2.82. The first-order chi connectivity index (χ1) is 6.79. The number of hydrogen-bond acceptors (Lipinski definition) is 2. The van der Waals surface area contributed by atoms with Crippen molar-refractivity contribution in [3.8, 4) is 0 Å². The second-order valence-electron chi connectivity index (χ2n) is 3.57. The molecule has 1 atom stereocenters. The Morgan fingerprint density at radius 2 is 2.07 bits per heavy atom. The van der Waals surface area contributed by atoms with Crippen LogP contribution in [0, 0.1) is 0 Å². The van der Waals surface area contributed by atoms with Crippen molar-refractivity contribution in [1.82, 2.24) is 0 Å². The molecule has 1 aromatic carbocycles. The van der Waals surface area contributed by atoms with Gasteiger partial charge in [-0.2, -0.15) is 0 Å². The first-order valence-corrected chi connectivity index (χ1v) is 5.23. The fourth-order valence-electron chi connectivity index (χ4n) is 1.69. The zero-order chi connectivity index (χ0) is 10.4. The number of aliphatic hydroxyl groups excluding tert-OH is 1. The predicted octanol–water partition coefficient (Wildman–Crippen LogP) is 2.02. The topological polar surface area (TPSA) is 46.2 Å². The van der Waals surface area contributed by atoms with E-state index in [2.05, 4.69) is 19.1 Å². The Bertz CT molecular complexity index is 273. The van der Waals surface area contributed by atoms with E-state index >= 15 is 0 Å². The van der Waals surface area contributed by atoms with Crippen LogP contribution in [-0.4, -0.2) is 11.7 Å². The maximum Gasteiger partial charge on any atom is 0.0449 e. The lowest BCUT2D eigenvalue weighted by atomic mass is 9.96. The van der Waals surface area contributed by atoms with Gasteiger partial charge in [0.2, 0.25) is 0 Å². The third-order valence-corrected chi connectivity index (χ3v) is 2.41. The van der Waals surface area contributed by atoms with Crippen molar-refractivity contribution in [3.05, 3.63) is 35.4 Å². The number of hydrogen-bond donors (Lipinski definition) is 2. The van der Waals surface area contributed by atoms with E-state index in [0.717, 1.165) is 12.8 Å². The lowest BCUT2D eigenvalue weighted by molar-refractivity contribution is 0.276. The molecule has 1 aromatic rings. The maximum atomic E-state index is 8.84. The SMILES string of the molecule is CCCc1ccccc1C(N)CCO. The molecule has 0 saturated heterocycles. The van der Waals surface area contributed by atoms with E-state index in [4.69, 9.17) is 10.8 Å². The number of rotatable bonds is 5. The van der Waals surface area contributed by atoms with Gasteiger partial charge in [0.25, 0.3) is 0 Å². The summed E-state index contributed by atoms with van der Waals surface area (Å²) in [7, 11) is 0. The summed E-state index contributed by atoms with van der Waals surface area (Å²) in [6.45, 7) is 2.32. The van der Waals surface area contributed by atoms with Crippen molar-refractivity contribution >= 4 is 0 Å². The number of aliphatic hydroxyl groups is 1. The van der Waals surface area contributed by atoms with Crippen molar-refractivity contribution in [2.45, 2.75) is 32.2 Å². The normalized spacial score (nSPS) is 12.8. The van der Waals surface area contributed by atoms with Gasteiger partial charge in [-0.3, -0.25) is 0 Å². The van der Waals surface area contributed by atoms with E-state index in [-0.39, 0.29) is 12.6 Å². The van der Waals surface area contributed by atoms with Crippen LogP contribution in [0.4, 0.5) is 0 Å². The molecule has 0 aliphatic heterocycles. The van der Waals surface area contributed by atoms with Crippen molar-refractivity contribution in [2.75, 3.05) is 6.61 Å². The quantitative estimate of drug-likeness (QED) is 0.751. The Hall–Kier alpha value is -0.860. The van der Waals surface area contributed by atoms with Gasteiger partial charge in [-0.25, -0.2) is 0 Å². The zero-order valence-electron chi connectivity index (χ0n) is 8.74. The molecule has 0 saturated carbocycles. The van der Waals surface area contributed by atoms with Gasteiger partial charge in [0.1, 0.15) is 0 Å². The number of aryl methyl sites for hydroxylation is 1. The van der Waals surface area contributed by atoms with E-state index in [1.807, 2.05) is 12.1 Å². The van der Waals surface area contributed by atoms with Crippen LogP contribution in [0.2, 0.25) is 0 Å². The molecular formula is C12H19NO. The highest BCUT2D eigenvalue weighted by Crippen LogP contribution is 2.19. The summed E-state index contributed by atoms with van der Waals surface area (Å²) >= 11 is 0. The van der Waals surface area contributed by atoms with Crippen LogP contribution in [0.3, 0.4) is 0 Å². The van der Waals surface area contributed by atoms with E-state index in [1.165, 1.54) is 11.1 Å². The maximum absolute atomic E-state index is 8.84. The lowest BCUT2D eigenvalue weighted by Gasteiger charge is -2.14. The Morgan fingerprint density at radius 1 is 1.36 bits per heavy atom. The number of benzene rings is 1. The molecule has 0 amide bonds. The van der Waals surface area contributed by atoms with E-state index in [1.54, 1.807) is 0 Å². The molecule has 0 bridgehead atoms. The third-order valence-electron chi connectivity index (χ3n) is 2.41. The Labute approximate surface area is 85.8 Å². The van der Waals surface area contributed by atoms with Crippen molar-refractivity contribution in [2.24, 2.45) is 5.73 Å². The Morgan fingerprint density at radius 3 is 2.71 bits per heavy atom. The molecular weight excluding hydrogens is 174 g/mol. The molecule has 1 unspecified atom stereocenters. The van der Waals surface area contributed by atoms with Gasteiger partial charge in [-0.1, -0.05) is 37.6 Å². The standard InChI is InChI=1S/C12H19NO/c1-2-5-10-6-3-4-7-11(10)12(13)8-9-14/h3-4,6-7,12,14H,2,5,8-9,13H2,1H3. The summed E-state index contributed by atoms with van der Waals surface area (Å²) in [6.07, 6.45) is 2.83. The molecule has 0 aliphatic rings. The van der Waals surface area contributed by atoms with Crippen molar-refractivity contribution in [3.63, 3.8) is 0 Å². The van der Waals surface area contributed by atoms with Crippen molar-refractivity contribution < 1.29 is 5.11 Å². The van der Waals surface area contributed by atoms with E-state index in [9.17, 15) is 0 Å². The summed E-state index contributed by atoms with van der Waals surface area (Å²) in [4.78, 5) is 0. The number of nitrogens with two attached hydrogens (primary N) is 1. The molecule has 1 rings (SSSR count). The Balaban J connectivity index is 2.82. The van der Waals surface area contributed by atoms with Crippen LogP contribution >= 0.6 is 0 Å². The Kier molecular flexibility index (Phi) is 4.63. The molecule has 2 nitrogen and oxygen atoms in total. The molecule has 0 aromatic heterocycles. The monoisotopic (exact) mass is 193 g/mol. The smallest absolute Gasteiger partial charge is 0.0449 e. The molecule has 0 fully saturated rings. The second-order valence-corrected chi connectivity index (χ2v) is 3.57. The van der Waals surface area contributed by atoms with Crippen LogP contribution in [0.1, 0.15) is 36.9 Å². The van der Waals surface area contributed by atoms with Gasteiger partial charge < -0.3 is 10.8 Å². The highest BCUT2D eigenvalue weighted by atomic mass is 16.3. The average Bonchev–Trinajstić information content (AvgIpc) is 2.19. The van der Waals surface area contributed by atoms with Crippen LogP contribution in [0.5, 0.6) is 0 Å². The molecule has 78 valence electrons. The van der Waals surface area contributed by atoms with Crippen LogP contribution in [-0.2, 0) is 6.42 Å². The minimum absolute atomic E-state index is 0.0252. The molecule has 14 heavy (non-hydrogen) atoms. The van der Waals surface area contributed by atoms with Gasteiger partial charge in [-0.15, -0.1) is 0 Å². The fourth-order valence-corrected chi connectivity index (χ4v) is 1.69. The molecule has 0 radical (unpaired) electrons. The minimum Gasteiger partial charge on any atom is -0.396 e. The summed E-state index contributed by atoms with van der Waals surface area (Å²) in [5.41, 5.74) is 8.48. The summed E-state index contributed by atoms with van der Waals surface area (Å²) in [6, 6.07) is 8.20. The summed E-state index contributed by atoms with van der Waals surface area (Å²) < 4.78 is 0. The van der Waals surface area contributed by atoms with Crippen LogP contribution in [0.15, 0.2) is 24.3 Å². The molecule has 2 heteroatoms. The fraction of sp³-hybridized carbons (Fsp3) is 0.500. The predicted molar refractivity (Wildman–Crippen MR) is 59.1 cm³/mol. The molecule has 3 N–H and O–H groups in total. The average molecular weight is 193 g/mol. The van der Waals surface area contributed by atoms with Gasteiger partial charge >= 0.3 is 0 Å². The minimum atomic E-state index is -0.0252. The van der Waals surface area contributed by atoms with Crippen LogP contribution < -0.4 is 5.73 Å². The van der Waals surface area contributed by atoms with Gasteiger partial charge in [-0.05, 0) is 24.0 Å².